The van der Waals surface area contributed by atoms with Crippen molar-refractivity contribution in [1.82, 2.24) is 4.90 Å². The van der Waals surface area contributed by atoms with Crippen molar-refractivity contribution in [2.45, 2.75) is 39.4 Å². The minimum atomic E-state index is -0.744. The number of carbonyl (C=O) groups excluding carboxylic acids is 1. The average molecular weight is 241 g/mol. The highest BCUT2D eigenvalue weighted by molar-refractivity contribution is 5.92. The molecule has 1 rings (SSSR count). The van der Waals surface area contributed by atoms with Gasteiger partial charge >= 0.3 is 0 Å². The SMILES string of the molecule is CCOC(OCC)C(=O)/C=C/N1CCCCC1. The van der Waals surface area contributed by atoms with Crippen LogP contribution in [0.4, 0.5) is 0 Å². The number of hydrogen-bond acceptors (Lipinski definition) is 4. The van der Waals surface area contributed by atoms with Gasteiger partial charge in [0.05, 0.1) is 0 Å². The van der Waals surface area contributed by atoms with E-state index in [4.69, 9.17) is 9.47 Å². The summed E-state index contributed by atoms with van der Waals surface area (Å²) in [4.78, 5) is 14.0. The van der Waals surface area contributed by atoms with Gasteiger partial charge in [-0.25, -0.2) is 0 Å². The molecular formula is C13H23NO3. The topological polar surface area (TPSA) is 38.8 Å². The highest BCUT2D eigenvalue weighted by Gasteiger charge is 2.16. The molecule has 98 valence electrons. The fourth-order valence-corrected chi connectivity index (χ4v) is 1.84. The van der Waals surface area contributed by atoms with E-state index in [2.05, 4.69) is 4.90 Å². The molecule has 0 unspecified atom stereocenters. The van der Waals surface area contributed by atoms with Crippen LogP contribution in [0.3, 0.4) is 0 Å². The molecule has 0 amide bonds. The Morgan fingerprint density at radius 2 is 1.76 bits per heavy atom. The fraction of sp³-hybridized carbons (Fsp3) is 0.769. The van der Waals surface area contributed by atoms with E-state index in [0.29, 0.717) is 13.2 Å². The third-order valence-electron chi connectivity index (χ3n) is 2.71. The number of likely N-dealkylation sites (tertiary alicyclic amines) is 1. The minimum absolute atomic E-state index is 0.112. The number of nitrogens with zero attached hydrogens (tertiary/aromatic N) is 1. The van der Waals surface area contributed by atoms with Gasteiger partial charge in [-0.2, -0.15) is 0 Å². The molecule has 1 aliphatic heterocycles. The van der Waals surface area contributed by atoms with E-state index in [1.54, 1.807) is 6.08 Å². The Hall–Kier alpha value is -0.870. The lowest BCUT2D eigenvalue weighted by Crippen LogP contribution is -2.28. The molecule has 0 N–H and O–H groups in total. The van der Waals surface area contributed by atoms with Gasteiger partial charge in [-0.3, -0.25) is 4.79 Å². The zero-order valence-electron chi connectivity index (χ0n) is 10.9. The van der Waals surface area contributed by atoms with Crippen LogP contribution >= 0.6 is 0 Å². The number of carbonyl (C=O) groups is 1. The maximum Gasteiger partial charge on any atom is 0.222 e. The maximum absolute atomic E-state index is 11.8. The van der Waals surface area contributed by atoms with E-state index in [-0.39, 0.29) is 5.78 Å². The van der Waals surface area contributed by atoms with Gasteiger partial charge in [-0.15, -0.1) is 0 Å². The van der Waals surface area contributed by atoms with Crippen LogP contribution in [0, 0.1) is 0 Å². The van der Waals surface area contributed by atoms with Crippen molar-refractivity contribution >= 4 is 5.78 Å². The monoisotopic (exact) mass is 241 g/mol. The van der Waals surface area contributed by atoms with Gasteiger partial charge in [0.1, 0.15) is 0 Å². The first-order valence-electron chi connectivity index (χ1n) is 6.47. The first-order valence-corrected chi connectivity index (χ1v) is 6.47. The van der Waals surface area contributed by atoms with Crippen LogP contribution in [0.25, 0.3) is 0 Å². The smallest absolute Gasteiger partial charge is 0.222 e. The molecule has 0 aromatic rings. The Labute approximate surface area is 104 Å². The summed E-state index contributed by atoms with van der Waals surface area (Å²) in [5.41, 5.74) is 0. The van der Waals surface area contributed by atoms with Crippen LogP contribution in [0.15, 0.2) is 12.3 Å². The number of piperidine rings is 1. The van der Waals surface area contributed by atoms with Gasteiger partial charge in [-0.1, -0.05) is 0 Å². The Morgan fingerprint density at radius 1 is 1.18 bits per heavy atom. The van der Waals surface area contributed by atoms with Gasteiger partial charge in [0.25, 0.3) is 0 Å². The Morgan fingerprint density at radius 3 is 2.29 bits per heavy atom. The van der Waals surface area contributed by atoms with Crippen LogP contribution < -0.4 is 0 Å². The summed E-state index contributed by atoms with van der Waals surface area (Å²) >= 11 is 0. The lowest BCUT2D eigenvalue weighted by Gasteiger charge is -2.24. The second kappa shape index (κ2) is 8.25. The van der Waals surface area contributed by atoms with E-state index < -0.39 is 6.29 Å². The molecule has 17 heavy (non-hydrogen) atoms. The second-order valence-corrected chi connectivity index (χ2v) is 4.06. The van der Waals surface area contributed by atoms with E-state index in [1.165, 1.54) is 19.3 Å². The second-order valence-electron chi connectivity index (χ2n) is 4.06. The summed E-state index contributed by atoms with van der Waals surface area (Å²) in [7, 11) is 0. The van der Waals surface area contributed by atoms with Crippen molar-refractivity contribution in [2.24, 2.45) is 0 Å². The normalized spacial score (nSPS) is 17.0. The summed E-state index contributed by atoms with van der Waals surface area (Å²) in [6, 6.07) is 0. The molecule has 0 aliphatic carbocycles. The summed E-state index contributed by atoms with van der Waals surface area (Å²) in [6.45, 7) is 6.75. The lowest BCUT2D eigenvalue weighted by atomic mass is 10.1. The third-order valence-corrected chi connectivity index (χ3v) is 2.71. The number of ether oxygens (including phenoxy) is 2. The van der Waals surface area contributed by atoms with E-state index in [1.807, 2.05) is 20.0 Å². The van der Waals surface area contributed by atoms with Gasteiger partial charge in [0.2, 0.25) is 12.1 Å². The first-order chi connectivity index (χ1) is 8.27. The van der Waals surface area contributed by atoms with Gasteiger partial charge in [-0.05, 0) is 33.1 Å². The van der Waals surface area contributed by atoms with Crippen LogP contribution in [0.2, 0.25) is 0 Å². The molecule has 0 atom stereocenters. The Bertz CT molecular complexity index is 241. The van der Waals surface area contributed by atoms with E-state index >= 15 is 0 Å². The zero-order valence-corrected chi connectivity index (χ0v) is 10.9. The van der Waals surface area contributed by atoms with Gasteiger partial charge in [0, 0.05) is 38.6 Å². The quantitative estimate of drug-likeness (QED) is 0.504. The number of hydrogen-bond donors (Lipinski definition) is 0. The largest absolute Gasteiger partial charge is 0.377 e. The first kappa shape index (κ1) is 14.2. The van der Waals surface area contributed by atoms with Gasteiger partial charge in [0.15, 0.2) is 0 Å². The van der Waals surface area contributed by atoms with E-state index in [0.717, 1.165) is 13.1 Å². The molecule has 1 fully saturated rings. The molecule has 4 heteroatoms. The molecule has 0 aromatic heterocycles. The van der Waals surface area contributed by atoms with Crippen molar-refractivity contribution in [2.75, 3.05) is 26.3 Å². The predicted molar refractivity (Wildman–Crippen MR) is 66.6 cm³/mol. The molecule has 0 bridgehead atoms. The van der Waals surface area contributed by atoms with Crippen LogP contribution in [0.1, 0.15) is 33.1 Å². The molecule has 1 heterocycles. The molecule has 1 saturated heterocycles. The van der Waals surface area contributed by atoms with Crippen molar-refractivity contribution in [3.05, 3.63) is 12.3 Å². The van der Waals surface area contributed by atoms with Gasteiger partial charge < -0.3 is 14.4 Å². The maximum atomic E-state index is 11.8. The molecule has 4 nitrogen and oxygen atoms in total. The predicted octanol–water partition coefficient (Wildman–Crippen LogP) is 1.95. The summed E-state index contributed by atoms with van der Waals surface area (Å²) in [5.74, 6) is -0.112. The third kappa shape index (κ3) is 5.33. The lowest BCUT2D eigenvalue weighted by molar-refractivity contribution is -0.163. The number of rotatable bonds is 7. The van der Waals surface area contributed by atoms with Crippen LogP contribution in [0.5, 0.6) is 0 Å². The molecule has 0 aromatic carbocycles. The molecule has 1 aliphatic rings. The Balaban J connectivity index is 2.40. The van der Waals surface area contributed by atoms with Crippen LogP contribution in [-0.2, 0) is 14.3 Å². The summed E-state index contributed by atoms with van der Waals surface area (Å²) < 4.78 is 10.5. The van der Waals surface area contributed by atoms with Crippen LogP contribution in [-0.4, -0.2) is 43.3 Å². The molecule has 0 radical (unpaired) electrons. The average Bonchev–Trinajstić information content (AvgIpc) is 2.37. The standard InChI is InChI=1S/C13H23NO3/c1-3-16-13(17-4-2)12(15)8-11-14-9-6-5-7-10-14/h8,11,13H,3-7,9-10H2,1-2H3/b11-8+. The van der Waals surface area contributed by atoms with Crippen molar-refractivity contribution in [3.63, 3.8) is 0 Å². The summed E-state index contributed by atoms with van der Waals surface area (Å²) in [6.07, 6.45) is 6.40. The Kier molecular flexibility index (Phi) is 6.89. The molecular weight excluding hydrogens is 218 g/mol. The highest BCUT2D eigenvalue weighted by atomic mass is 16.7. The summed E-state index contributed by atoms with van der Waals surface area (Å²) in [5, 5.41) is 0. The van der Waals surface area contributed by atoms with Crippen molar-refractivity contribution in [3.8, 4) is 0 Å². The van der Waals surface area contributed by atoms with E-state index in [9.17, 15) is 4.79 Å². The fourth-order valence-electron chi connectivity index (χ4n) is 1.84. The molecule has 0 saturated carbocycles. The minimum Gasteiger partial charge on any atom is -0.377 e. The zero-order chi connectivity index (χ0) is 12.5. The van der Waals surface area contributed by atoms with Crippen molar-refractivity contribution in [1.29, 1.82) is 0 Å². The highest BCUT2D eigenvalue weighted by Crippen LogP contribution is 2.09. The number of ketones is 1. The van der Waals surface area contributed by atoms with Crippen molar-refractivity contribution < 1.29 is 14.3 Å². The molecule has 0 spiro atoms.